The van der Waals surface area contributed by atoms with Crippen LogP contribution in [0.1, 0.15) is 91.5 Å². The second kappa shape index (κ2) is 11.0. The molecule has 0 nitrogen and oxygen atoms in total. The van der Waals surface area contributed by atoms with Crippen LogP contribution >= 0.6 is 0 Å². The summed E-state index contributed by atoms with van der Waals surface area (Å²) in [6.45, 7) is 19.0. The highest BCUT2D eigenvalue weighted by Gasteiger charge is 2.72. The summed E-state index contributed by atoms with van der Waals surface area (Å²) in [7, 11) is 0. The van der Waals surface area contributed by atoms with Gasteiger partial charge in [0.1, 0.15) is 0 Å². The van der Waals surface area contributed by atoms with Gasteiger partial charge in [0, 0.05) is 0 Å². The first kappa shape index (κ1) is 31.0. The Bertz CT molecular complexity index is 754. The lowest BCUT2D eigenvalue weighted by Crippen LogP contribution is -2.54. The molecule has 0 fully saturated rings. The van der Waals surface area contributed by atoms with E-state index in [9.17, 15) is 26.3 Å². The summed E-state index contributed by atoms with van der Waals surface area (Å²) in [5.74, 6) is 0. The first-order valence-corrected chi connectivity index (χ1v) is 11.3. The molecule has 0 bridgehead atoms. The quantitative estimate of drug-likeness (QED) is 0.378. The fraction of sp³-hybridized carbons (Fsp3) is 0.556. The van der Waals surface area contributed by atoms with E-state index in [4.69, 9.17) is 0 Å². The minimum atomic E-state index is -5.57. The fourth-order valence-corrected chi connectivity index (χ4v) is 3.42. The van der Waals surface area contributed by atoms with Gasteiger partial charge in [-0.2, -0.15) is 26.3 Å². The molecule has 6 heteroatoms. The van der Waals surface area contributed by atoms with Crippen LogP contribution < -0.4 is 0 Å². The van der Waals surface area contributed by atoms with Gasteiger partial charge in [-0.3, -0.25) is 0 Å². The second-order valence-corrected chi connectivity index (χ2v) is 9.40. The molecular formula is C27H38F6. The summed E-state index contributed by atoms with van der Waals surface area (Å²) in [6.07, 6.45) is -11.1. The predicted octanol–water partition coefficient (Wildman–Crippen LogP) is 9.74. The average Bonchev–Trinajstić information content (AvgIpc) is 2.69. The number of rotatable bonds is 2. The van der Waals surface area contributed by atoms with Gasteiger partial charge in [0.05, 0.1) is 0 Å². The van der Waals surface area contributed by atoms with E-state index < -0.39 is 39.7 Å². The van der Waals surface area contributed by atoms with Gasteiger partial charge in [0.25, 0.3) is 0 Å². The Labute approximate surface area is 195 Å². The van der Waals surface area contributed by atoms with E-state index in [1.54, 1.807) is 0 Å². The van der Waals surface area contributed by atoms with E-state index >= 15 is 0 Å². The zero-order valence-electron chi connectivity index (χ0n) is 21.4. The van der Waals surface area contributed by atoms with E-state index in [1.165, 1.54) is 24.3 Å². The summed E-state index contributed by atoms with van der Waals surface area (Å²) < 4.78 is 85.1. The van der Waals surface area contributed by atoms with Crippen LogP contribution in [0.25, 0.3) is 0 Å². The molecule has 33 heavy (non-hydrogen) atoms. The van der Waals surface area contributed by atoms with Crippen molar-refractivity contribution in [1.82, 2.24) is 0 Å². The molecule has 0 radical (unpaired) electrons. The lowest BCUT2D eigenvalue weighted by molar-refractivity contribution is -0.288. The van der Waals surface area contributed by atoms with Crippen molar-refractivity contribution in [3.8, 4) is 0 Å². The smallest absolute Gasteiger partial charge is 0.169 e. The lowest BCUT2D eigenvalue weighted by Gasteiger charge is -2.39. The average molecular weight is 477 g/mol. The van der Waals surface area contributed by atoms with Crippen molar-refractivity contribution >= 4 is 0 Å². The molecule has 0 spiro atoms. The van der Waals surface area contributed by atoms with Gasteiger partial charge < -0.3 is 0 Å². The summed E-state index contributed by atoms with van der Waals surface area (Å²) >= 11 is 0. The molecule has 0 heterocycles. The molecule has 188 valence electrons. The minimum Gasteiger partial charge on any atom is -0.169 e. The van der Waals surface area contributed by atoms with Crippen LogP contribution in [0, 0.1) is 0 Å². The molecule has 0 aromatic heterocycles. The predicted molar refractivity (Wildman–Crippen MR) is 126 cm³/mol. The molecule has 0 saturated heterocycles. The van der Waals surface area contributed by atoms with Crippen LogP contribution in [0.2, 0.25) is 0 Å². The number of hydrogen-bond acceptors (Lipinski definition) is 0. The van der Waals surface area contributed by atoms with Crippen LogP contribution in [-0.2, 0) is 16.2 Å². The third kappa shape index (κ3) is 6.54. The summed E-state index contributed by atoms with van der Waals surface area (Å²) in [5.41, 5.74) is -5.27. The minimum absolute atomic E-state index is 0.397. The zero-order chi connectivity index (χ0) is 26.5. The summed E-state index contributed by atoms with van der Waals surface area (Å²) in [5, 5.41) is 0. The van der Waals surface area contributed by atoms with Crippen LogP contribution in [0.3, 0.4) is 0 Å². The lowest BCUT2D eigenvalue weighted by atomic mass is 9.71. The highest BCUT2D eigenvalue weighted by molar-refractivity contribution is 5.46. The number of benzene rings is 2. The largest absolute Gasteiger partial charge is 0.411 e. The highest BCUT2D eigenvalue weighted by atomic mass is 19.4. The van der Waals surface area contributed by atoms with Crippen LogP contribution in [0.5, 0.6) is 0 Å². The van der Waals surface area contributed by atoms with E-state index in [0.29, 0.717) is 11.1 Å². The van der Waals surface area contributed by atoms with Crippen molar-refractivity contribution < 1.29 is 26.3 Å². The van der Waals surface area contributed by atoms with Crippen LogP contribution in [-0.4, -0.2) is 12.4 Å². The van der Waals surface area contributed by atoms with Gasteiger partial charge in [-0.1, -0.05) is 118 Å². The number of hydrogen-bond donors (Lipinski definition) is 0. The SMILES string of the molecule is CC.CC.CC(C)(C)c1ccc(C(c2ccc(C(C)(C)C)cc2)(C(F)(F)F)C(F)(F)F)cc1. The Morgan fingerprint density at radius 3 is 0.727 bits per heavy atom. The number of alkyl halides is 6. The number of halogens is 6. The van der Waals surface area contributed by atoms with E-state index in [0.717, 1.165) is 24.3 Å². The van der Waals surface area contributed by atoms with Crippen LogP contribution in [0.4, 0.5) is 26.3 Å². The zero-order valence-corrected chi connectivity index (χ0v) is 21.4. The maximum atomic E-state index is 14.2. The van der Waals surface area contributed by atoms with E-state index in [1.807, 2.05) is 69.2 Å². The van der Waals surface area contributed by atoms with Gasteiger partial charge in [-0.25, -0.2) is 0 Å². The molecule has 2 aromatic carbocycles. The Balaban J connectivity index is 0.00000242. The van der Waals surface area contributed by atoms with Gasteiger partial charge in [0.2, 0.25) is 5.41 Å². The molecule has 0 atom stereocenters. The molecule has 0 aliphatic carbocycles. The van der Waals surface area contributed by atoms with Crippen molar-refractivity contribution in [2.45, 2.75) is 97.8 Å². The molecule has 0 unspecified atom stereocenters. The summed E-state index contributed by atoms with van der Waals surface area (Å²) in [4.78, 5) is 0. The first-order valence-electron chi connectivity index (χ1n) is 11.3. The monoisotopic (exact) mass is 476 g/mol. The summed E-state index contributed by atoms with van der Waals surface area (Å²) in [6, 6.07) is 9.13. The normalized spacial score (nSPS) is 12.8. The molecular weight excluding hydrogens is 438 g/mol. The highest BCUT2D eigenvalue weighted by Crippen LogP contribution is 2.56. The molecule has 0 saturated carbocycles. The van der Waals surface area contributed by atoms with Crippen molar-refractivity contribution in [1.29, 1.82) is 0 Å². The van der Waals surface area contributed by atoms with Gasteiger partial charge >= 0.3 is 12.4 Å². The van der Waals surface area contributed by atoms with Crippen molar-refractivity contribution in [2.24, 2.45) is 0 Å². The maximum absolute atomic E-state index is 14.2. The molecule has 2 rings (SSSR count). The van der Waals surface area contributed by atoms with Crippen molar-refractivity contribution in [3.05, 3.63) is 70.8 Å². The third-order valence-corrected chi connectivity index (χ3v) is 5.22. The van der Waals surface area contributed by atoms with E-state index in [2.05, 4.69) is 0 Å². The van der Waals surface area contributed by atoms with Gasteiger partial charge in [-0.05, 0) is 33.1 Å². The van der Waals surface area contributed by atoms with Crippen molar-refractivity contribution in [3.63, 3.8) is 0 Å². The fourth-order valence-electron chi connectivity index (χ4n) is 3.42. The molecule has 0 N–H and O–H groups in total. The Morgan fingerprint density at radius 2 is 0.576 bits per heavy atom. The Morgan fingerprint density at radius 1 is 0.394 bits per heavy atom. The third-order valence-electron chi connectivity index (χ3n) is 5.22. The molecule has 0 aliphatic rings. The molecule has 2 aromatic rings. The maximum Gasteiger partial charge on any atom is 0.411 e. The molecule has 0 amide bonds. The topological polar surface area (TPSA) is 0 Å². The Hall–Kier alpha value is -1.98. The van der Waals surface area contributed by atoms with E-state index in [-0.39, 0.29) is 0 Å². The second-order valence-electron chi connectivity index (χ2n) is 9.40. The first-order chi connectivity index (χ1) is 14.9. The van der Waals surface area contributed by atoms with Crippen LogP contribution in [0.15, 0.2) is 48.5 Å². The van der Waals surface area contributed by atoms with Gasteiger partial charge in [-0.15, -0.1) is 0 Å². The standard InChI is InChI=1S/C23H26F6.2C2H6/c1-19(2,3)15-7-11-17(12-8-15)21(22(24,25)26,23(27,28)29)18-13-9-16(10-14-18)20(4,5)6;2*1-2/h7-14H,1-6H3;2*1-2H3. The van der Waals surface area contributed by atoms with Crippen molar-refractivity contribution in [2.75, 3.05) is 0 Å². The molecule has 0 aliphatic heterocycles. The Kier molecular flexibility index (Phi) is 10.3. The van der Waals surface area contributed by atoms with Gasteiger partial charge in [0.15, 0.2) is 0 Å².